The van der Waals surface area contributed by atoms with Gasteiger partial charge < -0.3 is 4.74 Å². The Balaban J connectivity index is 2.40. The van der Waals surface area contributed by atoms with Crippen molar-refractivity contribution in [1.82, 2.24) is 0 Å². The molecule has 0 atom stereocenters. The van der Waals surface area contributed by atoms with Gasteiger partial charge in [0.05, 0.1) is 6.61 Å². The number of hydrogen-bond donors (Lipinski definition) is 0. The monoisotopic (exact) mass is 296 g/mol. The highest BCUT2D eigenvalue weighted by molar-refractivity contribution is 6.20. The Morgan fingerprint density at radius 2 is 1.77 bits per heavy atom. The predicted octanol–water partition coefficient (Wildman–Crippen LogP) is 4.01. The van der Waals surface area contributed by atoms with Crippen LogP contribution in [0.1, 0.15) is 26.3 Å². The molecule has 0 heterocycles. The summed E-state index contributed by atoms with van der Waals surface area (Å²) in [5.74, 6) is -0.620. The minimum atomic E-state index is -0.561. The second-order valence-electron chi connectivity index (χ2n) is 5.67. The lowest BCUT2D eigenvalue weighted by molar-refractivity contribution is -0.141. The summed E-state index contributed by atoms with van der Waals surface area (Å²) in [4.78, 5) is 23.9. The van der Waals surface area contributed by atoms with E-state index in [1.807, 2.05) is 56.3 Å². The number of Topliss-reactive ketones (excluding diaryl/α,β-unsaturated/α-hetero) is 1. The summed E-state index contributed by atoms with van der Waals surface area (Å²) in [5.41, 5.74) is 0.918. The molecule has 0 radical (unpaired) electrons. The van der Waals surface area contributed by atoms with Crippen molar-refractivity contribution >= 4 is 28.6 Å². The predicted molar refractivity (Wildman–Crippen MR) is 88.4 cm³/mol. The molecule has 3 nitrogen and oxygen atoms in total. The van der Waals surface area contributed by atoms with Gasteiger partial charge in [0.2, 0.25) is 0 Å². The lowest BCUT2D eigenvalue weighted by atomic mass is 10.0. The van der Waals surface area contributed by atoms with Gasteiger partial charge in [-0.3, -0.25) is 4.79 Å². The van der Waals surface area contributed by atoms with Crippen molar-refractivity contribution < 1.29 is 14.3 Å². The Labute approximate surface area is 130 Å². The first kappa shape index (κ1) is 16.0. The molecule has 0 bridgehead atoms. The number of esters is 1. The number of carbonyl (C=O) groups excluding carboxylic acids is 2. The molecule has 0 aliphatic heterocycles. The number of hydrogen-bond acceptors (Lipinski definition) is 3. The Hall–Kier alpha value is -2.42. The maximum Gasteiger partial charge on any atom is 0.341 e. The second kappa shape index (κ2) is 7.03. The third-order valence-electron chi connectivity index (χ3n) is 3.27. The Morgan fingerprint density at radius 3 is 2.45 bits per heavy atom. The van der Waals surface area contributed by atoms with Crippen LogP contribution in [0.4, 0.5) is 0 Å². The normalized spacial score (nSPS) is 11.7. The van der Waals surface area contributed by atoms with E-state index in [0.29, 0.717) is 6.61 Å². The summed E-state index contributed by atoms with van der Waals surface area (Å²) >= 11 is 0. The van der Waals surface area contributed by atoms with Crippen LogP contribution in [-0.2, 0) is 14.3 Å². The standard InChI is InChI=1S/C19H20O3/c1-13(2)12-22-19(21)18(14(3)20)11-16-9-6-8-15-7-4-5-10-17(15)16/h4-11,13H,12H2,1-3H3. The number of benzene rings is 2. The van der Waals surface area contributed by atoms with E-state index in [2.05, 4.69) is 0 Å². The van der Waals surface area contributed by atoms with E-state index in [0.717, 1.165) is 16.3 Å². The zero-order valence-electron chi connectivity index (χ0n) is 13.1. The van der Waals surface area contributed by atoms with E-state index >= 15 is 0 Å². The Bertz CT molecular complexity index is 721. The molecule has 3 heteroatoms. The van der Waals surface area contributed by atoms with Crippen LogP contribution >= 0.6 is 0 Å². The van der Waals surface area contributed by atoms with Crippen LogP contribution in [-0.4, -0.2) is 18.4 Å². The minimum absolute atomic E-state index is 0.0806. The number of carbonyl (C=O) groups is 2. The molecule has 22 heavy (non-hydrogen) atoms. The third kappa shape index (κ3) is 3.82. The van der Waals surface area contributed by atoms with Crippen molar-refractivity contribution in [3.63, 3.8) is 0 Å². The Morgan fingerprint density at radius 1 is 1.09 bits per heavy atom. The molecule has 0 aliphatic carbocycles. The molecule has 0 unspecified atom stereocenters. The van der Waals surface area contributed by atoms with Crippen LogP contribution < -0.4 is 0 Å². The summed E-state index contributed by atoms with van der Waals surface area (Å²) in [5, 5.41) is 2.06. The molecule has 2 rings (SSSR count). The van der Waals surface area contributed by atoms with Gasteiger partial charge >= 0.3 is 5.97 Å². The third-order valence-corrected chi connectivity index (χ3v) is 3.27. The van der Waals surface area contributed by atoms with Crippen LogP contribution in [0.25, 0.3) is 16.8 Å². The SMILES string of the molecule is CC(=O)C(=Cc1cccc2ccccc12)C(=O)OCC(C)C. The minimum Gasteiger partial charge on any atom is -0.462 e. The fourth-order valence-corrected chi connectivity index (χ4v) is 2.16. The van der Waals surface area contributed by atoms with Gasteiger partial charge in [0.25, 0.3) is 0 Å². The summed E-state index contributed by atoms with van der Waals surface area (Å²) in [6.07, 6.45) is 1.62. The van der Waals surface area contributed by atoms with Crippen molar-refractivity contribution in [3.05, 3.63) is 53.6 Å². The van der Waals surface area contributed by atoms with E-state index in [1.54, 1.807) is 6.08 Å². The first-order valence-corrected chi connectivity index (χ1v) is 7.36. The molecular formula is C19H20O3. The quantitative estimate of drug-likeness (QED) is 0.362. The lowest BCUT2D eigenvalue weighted by Gasteiger charge is -2.09. The maximum absolute atomic E-state index is 12.1. The van der Waals surface area contributed by atoms with Crippen LogP contribution in [0.3, 0.4) is 0 Å². The lowest BCUT2D eigenvalue weighted by Crippen LogP contribution is -2.16. The second-order valence-corrected chi connectivity index (χ2v) is 5.67. The highest BCUT2D eigenvalue weighted by atomic mass is 16.5. The van der Waals surface area contributed by atoms with Gasteiger partial charge in [-0.05, 0) is 35.3 Å². The number of ether oxygens (including phenoxy) is 1. The van der Waals surface area contributed by atoms with E-state index in [1.165, 1.54) is 6.92 Å². The van der Waals surface area contributed by atoms with Crippen molar-refractivity contribution in [2.45, 2.75) is 20.8 Å². The molecule has 0 N–H and O–H groups in total. The smallest absolute Gasteiger partial charge is 0.341 e. The fraction of sp³-hybridized carbons (Fsp3) is 0.263. The molecule has 0 spiro atoms. The zero-order valence-corrected chi connectivity index (χ0v) is 13.1. The van der Waals surface area contributed by atoms with Crippen molar-refractivity contribution in [2.24, 2.45) is 5.92 Å². The van der Waals surface area contributed by atoms with Gasteiger partial charge in [-0.15, -0.1) is 0 Å². The van der Waals surface area contributed by atoms with E-state index in [4.69, 9.17) is 4.74 Å². The first-order valence-electron chi connectivity index (χ1n) is 7.36. The molecule has 2 aromatic rings. The largest absolute Gasteiger partial charge is 0.462 e. The van der Waals surface area contributed by atoms with Crippen molar-refractivity contribution in [1.29, 1.82) is 0 Å². The molecule has 0 amide bonds. The van der Waals surface area contributed by atoms with Crippen LogP contribution in [0.5, 0.6) is 0 Å². The highest BCUT2D eigenvalue weighted by Gasteiger charge is 2.17. The molecule has 0 saturated heterocycles. The molecule has 0 saturated carbocycles. The van der Waals surface area contributed by atoms with E-state index < -0.39 is 5.97 Å². The average molecular weight is 296 g/mol. The molecule has 0 fully saturated rings. The van der Waals surface area contributed by atoms with Crippen LogP contribution in [0.15, 0.2) is 48.0 Å². The maximum atomic E-state index is 12.1. The number of fused-ring (bicyclic) bond motifs is 1. The summed E-state index contributed by atoms with van der Waals surface area (Å²) in [6.45, 7) is 5.59. The van der Waals surface area contributed by atoms with Crippen LogP contribution in [0.2, 0.25) is 0 Å². The van der Waals surface area contributed by atoms with Gasteiger partial charge in [0, 0.05) is 0 Å². The topological polar surface area (TPSA) is 43.4 Å². The fourth-order valence-electron chi connectivity index (χ4n) is 2.16. The summed E-state index contributed by atoms with van der Waals surface area (Å²) < 4.78 is 5.18. The van der Waals surface area contributed by atoms with Gasteiger partial charge in [0.1, 0.15) is 5.57 Å². The van der Waals surface area contributed by atoms with Crippen molar-refractivity contribution in [3.8, 4) is 0 Å². The number of ketones is 1. The van der Waals surface area contributed by atoms with E-state index in [9.17, 15) is 9.59 Å². The average Bonchev–Trinajstić information content (AvgIpc) is 2.50. The molecule has 0 aliphatic rings. The molecular weight excluding hydrogens is 276 g/mol. The molecule has 2 aromatic carbocycles. The van der Waals surface area contributed by atoms with Gasteiger partial charge in [-0.2, -0.15) is 0 Å². The van der Waals surface area contributed by atoms with Gasteiger partial charge in [-0.1, -0.05) is 56.3 Å². The Kier molecular flexibility index (Phi) is 5.10. The highest BCUT2D eigenvalue weighted by Crippen LogP contribution is 2.21. The molecule has 114 valence electrons. The van der Waals surface area contributed by atoms with Crippen LogP contribution in [0, 0.1) is 5.92 Å². The summed E-state index contributed by atoms with van der Waals surface area (Å²) in [6, 6.07) is 13.7. The molecule has 0 aromatic heterocycles. The first-order chi connectivity index (χ1) is 10.5. The van der Waals surface area contributed by atoms with Gasteiger partial charge in [-0.25, -0.2) is 4.79 Å². The van der Waals surface area contributed by atoms with Crippen molar-refractivity contribution in [2.75, 3.05) is 6.61 Å². The zero-order chi connectivity index (χ0) is 16.1. The van der Waals surface area contributed by atoms with E-state index in [-0.39, 0.29) is 17.3 Å². The summed E-state index contributed by atoms with van der Waals surface area (Å²) in [7, 11) is 0. The number of rotatable bonds is 5. The van der Waals surface area contributed by atoms with Gasteiger partial charge in [0.15, 0.2) is 5.78 Å².